The quantitative estimate of drug-likeness (QED) is 0.422. The maximum Gasteiger partial charge on any atom is 1.00 e. The molecule has 0 heterocycles. The van der Waals surface area contributed by atoms with Crippen LogP contribution in [0.15, 0.2) is 0 Å². The maximum absolute atomic E-state index is 10.8. The van der Waals surface area contributed by atoms with Gasteiger partial charge in [0.2, 0.25) is 5.60 Å². The first kappa shape index (κ1) is 18.6. The van der Waals surface area contributed by atoms with Gasteiger partial charge in [0.15, 0.2) is 6.10 Å². The van der Waals surface area contributed by atoms with Crippen molar-refractivity contribution >= 4 is 29.8 Å². The zero-order chi connectivity index (χ0) is 12.2. The van der Waals surface area contributed by atoms with Gasteiger partial charge in [0.05, 0.1) is 0 Å². The van der Waals surface area contributed by atoms with E-state index in [0.29, 0.717) is 0 Å². The molecule has 16 heavy (non-hydrogen) atoms. The fourth-order valence-corrected chi connectivity index (χ4v) is 0.905. The Morgan fingerprint density at radius 3 is 2.12 bits per heavy atom. The summed E-state index contributed by atoms with van der Waals surface area (Å²) in [5.41, 5.74) is -3.19. The predicted octanol–water partition coefficient (Wildman–Crippen LogP) is -6.00. The van der Waals surface area contributed by atoms with Crippen molar-refractivity contribution in [3.63, 3.8) is 0 Å². The molecule has 0 aromatic carbocycles. The van der Waals surface area contributed by atoms with Gasteiger partial charge in [0.1, 0.15) is 11.9 Å². The van der Waals surface area contributed by atoms with Crippen molar-refractivity contribution < 1.29 is 90.5 Å². The fraction of sp³-hybridized carbons (Fsp3) is 0.500. The molecule has 0 aromatic heterocycles. The van der Waals surface area contributed by atoms with E-state index in [1.54, 1.807) is 0 Å². The summed E-state index contributed by atoms with van der Waals surface area (Å²) in [5, 5.41) is 36.6. The zero-order valence-electron chi connectivity index (χ0n) is 8.05. The first-order chi connectivity index (χ1) is 6.75. The van der Waals surface area contributed by atoms with Gasteiger partial charge in [-0.15, -0.1) is 0 Å². The minimum absolute atomic E-state index is 0. The third-order valence-electron chi connectivity index (χ3n) is 1.52. The van der Waals surface area contributed by atoms with Crippen LogP contribution in [0.2, 0.25) is 0 Å². The van der Waals surface area contributed by atoms with Crippen LogP contribution in [0, 0.1) is 0 Å². The average Bonchev–Trinajstić information content (AvgIpc) is 2.13. The van der Waals surface area contributed by atoms with Crippen LogP contribution in [-0.4, -0.2) is 44.9 Å². The van der Waals surface area contributed by atoms with Gasteiger partial charge in [-0.2, -0.15) is 0 Å². The van der Waals surface area contributed by atoms with Gasteiger partial charge in [-0.25, -0.2) is 9.59 Å². The van der Waals surface area contributed by atoms with Crippen molar-refractivity contribution in [2.45, 2.75) is 18.1 Å². The molecule has 2 unspecified atom stereocenters. The predicted molar refractivity (Wildman–Crippen MR) is 40.2 cm³/mol. The number of carbonyl (C=O) groups excluding carboxylic acids is 2. The number of hydrogen-bond donors (Lipinski definition) is 3. The Kier molecular flexibility index (Phi) is 8.79. The molecule has 0 amide bonds. The summed E-state index contributed by atoms with van der Waals surface area (Å²) >= 11 is 4.54. The van der Waals surface area contributed by atoms with E-state index in [9.17, 15) is 24.6 Å². The summed E-state index contributed by atoms with van der Waals surface area (Å²) in [6.07, 6.45) is -4.16. The largest absolute Gasteiger partial charge is 1.00 e. The minimum atomic E-state index is -3.19. The molecule has 0 spiro atoms. The maximum atomic E-state index is 10.8. The van der Waals surface area contributed by atoms with Crippen LogP contribution in [0.1, 0.15) is 6.42 Å². The van der Waals surface area contributed by atoms with E-state index in [-0.39, 0.29) is 51.4 Å². The van der Waals surface area contributed by atoms with Gasteiger partial charge in [-0.05, 0) is 0 Å². The Hall–Kier alpha value is 0.256. The van der Waals surface area contributed by atoms with Gasteiger partial charge in [0.25, 0.3) is 0 Å². The summed E-state index contributed by atoms with van der Waals surface area (Å²) in [6.45, 7) is 0. The van der Waals surface area contributed by atoms with E-state index in [4.69, 9.17) is 10.2 Å². The average molecular weight is 281 g/mol. The van der Waals surface area contributed by atoms with Crippen LogP contribution in [0.5, 0.6) is 0 Å². The fourth-order valence-electron chi connectivity index (χ4n) is 0.772. The summed E-state index contributed by atoms with van der Waals surface area (Å²) in [6, 6.07) is 0. The van der Waals surface area contributed by atoms with Gasteiger partial charge in [0, 0.05) is 12.4 Å². The van der Waals surface area contributed by atoms with E-state index in [1.165, 1.54) is 0 Å². The third-order valence-corrected chi connectivity index (χ3v) is 1.66. The molecule has 0 rings (SSSR count). The van der Waals surface area contributed by atoms with Crippen LogP contribution >= 0.6 is 11.9 Å². The molecule has 0 aromatic rings. The Morgan fingerprint density at radius 2 is 1.88 bits per heavy atom. The number of aliphatic hydroxyl groups is 2. The van der Waals surface area contributed by atoms with Crippen LogP contribution < -0.4 is 56.5 Å². The van der Waals surface area contributed by atoms with Crippen LogP contribution in [-0.2, 0) is 18.7 Å². The minimum Gasteiger partial charge on any atom is -0.550 e. The monoisotopic (exact) mass is 280 g/mol. The van der Waals surface area contributed by atoms with Crippen LogP contribution in [0.25, 0.3) is 0 Å². The number of hydrogen-bond acceptors (Lipinski definition) is 7. The number of rotatable bonds is 5. The molecule has 0 aliphatic heterocycles. The van der Waals surface area contributed by atoms with Crippen molar-refractivity contribution in [1.82, 2.24) is 0 Å². The molecule has 0 aliphatic rings. The van der Waals surface area contributed by atoms with Gasteiger partial charge < -0.3 is 29.5 Å². The molecule has 0 fully saturated rings. The first-order valence-electron chi connectivity index (χ1n) is 3.41. The third kappa shape index (κ3) is 4.63. The Bertz CT molecular complexity index is 294. The number of aliphatic hydroxyl groups excluding tert-OH is 1. The molecular formula is C6H6ClKO8. The molecule has 0 bridgehead atoms. The van der Waals surface area contributed by atoms with Gasteiger partial charge in [-0.3, -0.25) is 0 Å². The van der Waals surface area contributed by atoms with Crippen LogP contribution in [0.3, 0.4) is 0 Å². The molecule has 3 N–H and O–H groups in total. The molecule has 2 atom stereocenters. The van der Waals surface area contributed by atoms with E-state index in [2.05, 4.69) is 16.2 Å². The SMILES string of the molecule is O=C([O-])CC(O)(C(=O)OCl)C(O)C(=O)O.[K+]. The van der Waals surface area contributed by atoms with Crippen molar-refractivity contribution in [2.24, 2.45) is 0 Å². The normalized spacial score (nSPS) is 15.2. The first-order valence-corrected chi connectivity index (χ1v) is 3.72. The summed E-state index contributed by atoms with van der Waals surface area (Å²) in [4.78, 5) is 31.2. The second kappa shape index (κ2) is 7.56. The van der Waals surface area contributed by atoms with Crippen LogP contribution in [0.4, 0.5) is 0 Å². The van der Waals surface area contributed by atoms with E-state index in [1.807, 2.05) is 0 Å². The smallest absolute Gasteiger partial charge is 0.550 e. The van der Waals surface area contributed by atoms with Crippen molar-refractivity contribution in [3.05, 3.63) is 0 Å². The van der Waals surface area contributed by atoms with E-state index in [0.717, 1.165) is 0 Å². The molecule has 0 aliphatic carbocycles. The summed E-state index contributed by atoms with van der Waals surface area (Å²) in [5.74, 6) is -5.77. The Morgan fingerprint density at radius 1 is 1.44 bits per heavy atom. The molecular weight excluding hydrogens is 275 g/mol. The van der Waals surface area contributed by atoms with Crippen molar-refractivity contribution in [1.29, 1.82) is 0 Å². The molecule has 86 valence electrons. The molecule has 0 radical (unpaired) electrons. The molecule has 0 saturated carbocycles. The second-order valence-corrected chi connectivity index (χ2v) is 2.73. The van der Waals surface area contributed by atoms with Gasteiger partial charge >= 0.3 is 63.3 Å². The number of halogens is 1. The Labute approximate surface area is 137 Å². The number of carboxylic acid groups (broad SMARTS) is 2. The zero-order valence-corrected chi connectivity index (χ0v) is 11.9. The number of carboxylic acids is 2. The molecule has 8 nitrogen and oxygen atoms in total. The number of aliphatic carboxylic acids is 2. The molecule has 10 heteroatoms. The topological polar surface area (TPSA) is 144 Å². The van der Waals surface area contributed by atoms with Crippen molar-refractivity contribution in [3.8, 4) is 0 Å². The van der Waals surface area contributed by atoms with E-state index >= 15 is 0 Å². The Balaban J connectivity index is 0. The van der Waals surface area contributed by atoms with Crippen molar-refractivity contribution in [2.75, 3.05) is 0 Å². The molecule has 0 saturated heterocycles. The number of carbonyl (C=O) groups is 3. The summed E-state index contributed by atoms with van der Waals surface area (Å²) in [7, 11) is 0. The second-order valence-electron chi connectivity index (χ2n) is 2.58. The summed E-state index contributed by atoms with van der Waals surface area (Å²) < 4.78 is 3.46. The van der Waals surface area contributed by atoms with E-state index < -0.39 is 36.0 Å². The standard InChI is InChI=1S/C6H7ClO8.K/c7-15-5(13)6(14,1-2(8)9)3(10)4(11)12;/h3,10,14H,1H2,(H,8,9)(H,11,12);/q;+1/p-1. The van der Waals surface area contributed by atoms with Gasteiger partial charge in [-0.1, -0.05) is 0 Å².